The molecule has 1 aliphatic rings. The summed E-state index contributed by atoms with van der Waals surface area (Å²) in [6, 6.07) is 15.7. The van der Waals surface area contributed by atoms with Crippen LogP contribution in [0.3, 0.4) is 0 Å². The molecule has 0 saturated heterocycles. The minimum absolute atomic E-state index is 0.0664. The van der Waals surface area contributed by atoms with Gasteiger partial charge in [-0.05, 0) is 48.1 Å². The maximum absolute atomic E-state index is 12.3. The lowest BCUT2D eigenvalue weighted by atomic mass is 9.81. The summed E-state index contributed by atoms with van der Waals surface area (Å²) in [5.41, 5.74) is 17.0. The Kier molecular flexibility index (Phi) is 5.58. The van der Waals surface area contributed by atoms with Crippen molar-refractivity contribution in [2.75, 3.05) is 11.1 Å². The highest BCUT2D eigenvalue weighted by atomic mass is 16.1. The quantitative estimate of drug-likeness (QED) is 0.537. The molecule has 2 amide bonds. The molecule has 31 heavy (non-hydrogen) atoms. The number of nitrogens with two attached hydrogens (primary N) is 2. The summed E-state index contributed by atoms with van der Waals surface area (Å²) in [7, 11) is 0. The third kappa shape index (κ3) is 4.07. The maximum Gasteiger partial charge on any atom is 0.254 e. The number of anilines is 2. The van der Waals surface area contributed by atoms with E-state index in [-0.39, 0.29) is 23.2 Å². The van der Waals surface area contributed by atoms with Gasteiger partial charge >= 0.3 is 0 Å². The molecular formula is C24H25N5O2. The Hall–Kier alpha value is -3.87. The van der Waals surface area contributed by atoms with E-state index in [1.54, 1.807) is 10.7 Å². The molecule has 7 heteroatoms. The number of primary amides is 1. The third-order valence-corrected chi connectivity index (χ3v) is 5.78. The Labute approximate surface area is 180 Å². The van der Waals surface area contributed by atoms with E-state index in [0.29, 0.717) is 17.9 Å². The van der Waals surface area contributed by atoms with Crippen LogP contribution < -0.4 is 16.8 Å². The highest BCUT2D eigenvalue weighted by molar-refractivity contribution is 6.00. The summed E-state index contributed by atoms with van der Waals surface area (Å²) in [5, 5.41) is 7.51. The monoisotopic (exact) mass is 415 g/mol. The van der Waals surface area contributed by atoms with Gasteiger partial charge in [-0.15, -0.1) is 0 Å². The number of carbonyl (C=O) groups is 2. The number of carbonyl (C=O) groups excluding carboxylic acids is 2. The largest absolute Gasteiger partial charge is 0.383 e. The van der Waals surface area contributed by atoms with Gasteiger partial charge in [0.15, 0.2) is 0 Å². The van der Waals surface area contributed by atoms with Crippen LogP contribution >= 0.6 is 0 Å². The highest BCUT2D eigenvalue weighted by Gasteiger charge is 2.29. The van der Waals surface area contributed by atoms with Gasteiger partial charge in [-0.2, -0.15) is 5.10 Å². The van der Waals surface area contributed by atoms with Crippen LogP contribution in [0.4, 0.5) is 11.5 Å². The molecule has 158 valence electrons. The second-order valence-corrected chi connectivity index (χ2v) is 7.73. The number of nitrogen functional groups attached to an aromatic ring is 1. The number of hydrogen-bond acceptors (Lipinski definition) is 4. The first-order chi connectivity index (χ1) is 15.0. The van der Waals surface area contributed by atoms with Crippen LogP contribution in [0.25, 0.3) is 0 Å². The van der Waals surface area contributed by atoms with Crippen molar-refractivity contribution in [2.24, 2.45) is 5.73 Å². The summed E-state index contributed by atoms with van der Waals surface area (Å²) in [6.07, 6.45) is 3.80. The Morgan fingerprint density at radius 2 is 1.87 bits per heavy atom. The molecule has 1 unspecified atom stereocenters. The van der Waals surface area contributed by atoms with E-state index >= 15 is 0 Å². The fourth-order valence-corrected chi connectivity index (χ4v) is 4.21. The van der Waals surface area contributed by atoms with Gasteiger partial charge in [0.25, 0.3) is 5.91 Å². The summed E-state index contributed by atoms with van der Waals surface area (Å²) < 4.78 is 1.59. The third-order valence-electron chi connectivity index (χ3n) is 5.78. The number of aromatic nitrogens is 2. The smallest absolute Gasteiger partial charge is 0.254 e. The fourth-order valence-electron chi connectivity index (χ4n) is 4.21. The Morgan fingerprint density at radius 1 is 1.16 bits per heavy atom. The zero-order valence-electron chi connectivity index (χ0n) is 17.2. The minimum Gasteiger partial charge on any atom is -0.383 e. The second-order valence-electron chi connectivity index (χ2n) is 7.73. The van der Waals surface area contributed by atoms with Gasteiger partial charge in [0.2, 0.25) is 5.91 Å². The summed E-state index contributed by atoms with van der Waals surface area (Å²) in [4.78, 5) is 24.0. The number of aryl methyl sites for hydroxylation is 1. The van der Waals surface area contributed by atoms with Crippen molar-refractivity contribution in [3.8, 4) is 0 Å². The maximum atomic E-state index is 12.3. The van der Waals surface area contributed by atoms with Crippen LogP contribution in [0, 0.1) is 0 Å². The molecule has 2 aromatic carbocycles. The van der Waals surface area contributed by atoms with E-state index in [2.05, 4.69) is 24.0 Å². The zero-order chi connectivity index (χ0) is 22.0. The van der Waals surface area contributed by atoms with E-state index < -0.39 is 5.91 Å². The molecule has 0 aliphatic heterocycles. The molecular weight excluding hydrogens is 390 g/mol. The molecule has 1 aromatic heterocycles. The standard InChI is InChI=1S/C24H25N5O2/c1-2-20(30)27-19-10-6-5-9-18(19)14-29-23(25)21(24(26)31)22(28-29)17-12-11-15-7-3-4-8-16(15)13-17/h2-10,17H,1,11-14,25H2,(H2,26,31)(H,27,30). The minimum atomic E-state index is -0.578. The van der Waals surface area contributed by atoms with Gasteiger partial charge in [-0.25, -0.2) is 4.68 Å². The SMILES string of the molecule is C=CC(=O)Nc1ccccc1Cn1nc(C2CCc3ccccc3C2)c(C(N)=O)c1N. The van der Waals surface area contributed by atoms with E-state index in [0.717, 1.165) is 24.8 Å². The molecule has 1 heterocycles. The Balaban J connectivity index is 1.68. The van der Waals surface area contributed by atoms with E-state index in [1.165, 1.54) is 17.2 Å². The molecule has 7 nitrogen and oxygen atoms in total. The van der Waals surface area contributed by atoms with Crippen molar-refractivity contribution in [1.82, 2.24) is 9.78 Å². The van der Waals surface area contributed by atoms with Crippen LogP contribution in [0.2, 0.25) is 0 Å². The van der Waals surface area contributed by atoms with E-state index in [4.69, 9.17) is 16.6 Å². The van der Waals surface area contributed by atoms with E-state index in [1.807, 2.05) is 30.3 Å². The van der Waals surface area contributed by atoms with Crippen molar-refractivity contribution < 1.29 is 9.59 Å². The summed E-state index contributed by atoms with van der Waals surface area (Å²) in [6.45, 7) is 3.78. The average molecular weight is 415 g/mol. The van der Waals surface area contributed by atoms with Crippen LogP contribution in [0.15, 0.2) is 61.2 Å². The topological polar surface area (TPSA) is 116 Å². The molecule has 0 fully saturated rings. The van der Waals surface area contributed by atoms with Gasteiger partial charge in [-0.1, -0.05) is 49.0 Å². The molecule has 0 saturated carbocycles. The van der Waals surface area contributed by atoms with Crippen LogP contribution in [-0.4, -0.2) is 21.6 Å². The first kappa shape index (κ1) is 20.4. The number of benzene rings is 2. The molecule has 3 aromatic rings. The number of hydrogen-bond donors (Lipinski definition) is 3. The number of para-hydroxylation sites is 1. The van der Waals surface area contributed by atoms with Crippen molar-refractivity contribution >= 4 is 23.3 Å². The number of amides is 2. The van der Waals surface area contributed by atoms with Crippen LogP contribution in [0.1, 0.15) is 45.1 Å². The van der Waals surface area contributed by atoms with Gasteiger partial charge in [0, 0.05) is 11.6 Å². The number of nitrogens with zero attached hydrogens (tertiary/aromatic N) is 2. The molecule has 1 atom stereocenters. The van der Waals surface area contributed by atoms with Crippen molar-refractivity contribution in [3.05, 3.63) is 89.1 Å². The Bertz CT molecular complexity index is 1160. The second kappa shape index (κ2) is 8.47. The number of rotatable bonds is 6. The van der Waals surface area contributed by atoms with Crippen molar-refractivity contribution in [3.63, 3.8) is 0 Å². The Morgan fingerprint density at radius 3 is 2.61 bits per heavy atom. The fraction of sp³-hybridized carbons (Fsp3) is 0.208. The predicted molar refractivity (Wildman–Crippen MR) is 121 cm³/mol. The highest BCUT2D eigenvalue weighted by Crippen LogP contribution is 2.35. The first-order valence-electron chi connectivity index (χ1n) is 10.2. The van der Waals surface area contributed by atoms with Gasteiger partial charge < -0.3 is 16.8 Å². The normalized spacial score (nSPS) is 15.2. The molecule has 5 N–H and O–H groups in total. The number of nitrogens with one attached hydrogen (secondary N) is 1. The molecule has 1 aliphatic carbocycles. The lowest BCUT2D eigenvalue weighted by Crippen LogP contribution is -2.19. The van der Waals surface area contributed by atoms with Gasteiger partial charge in [0.05, 0.1) is 12.2 Å². The zero-order valence-corrected chi connectivity index (χ0v) is 17.2. The number of fused-ring (bicyclic) bond motifs is 1. The van der Waals surface area contributed by atoms with Crippen molar-refractivity contribution in [1.29, 1.82) is 0 Å². The summed E-state index contributed by atoms with van der Waals surface area (Å²) >= 11 is 0. The first-order valence-corrected chi connectivity index (χ1v) is 10.2. The van der Waals surface area contributed by atoms with Crippen LogP contribution in [0.5, 0.6) is 0 Å². The van der Waals surface area contributed by atoms with Gasteiger partial charge in [-0.3, -0.25) is 9.59 Å². The van der Waals surface area contributed by atoms with Crippen molar-refractivity contribution in [2.45, 2.75) is 31.7 Å². The lowest BCUT2D eigenvalue weighted by molar-refractivity contribution is -0.111. The van der Waals surface area contributed by atoms with Crippen LogP contribution in [-0.2, 0) is 24.2 Å². The van der Waals surface area contributed by atoms with E-state index in [9.17, 15) is 9.59 Å². The predicted octanol–water partition coefficient (Wildman–Crippen LogP) is 3.01. The molecule has 0 spiro atoms. The summed E-state index contributed by atoms with van der Waals surface area (Å²) in [5.74, 6) is -0.575. The molecule has 0 radical (unpaired) electrons. The molecule has 4 rings (SSSR count). The molecule has 0 bridgehead atoms. The lowest BCUT2D eigenvalue weighted by Gasteiger charge is -2.23. The van der Waals surface area contributed by atoms with Gasteiger partial charge in [0.1, 0.15) is 11.4 Å². The average Bonchev–Trinajstić information content (AvgIpc) is 3.10.